The zero-order valence-corrected chi connectivity index (χ0v) is 11.3. The summed E-state index contributed by atoms with van der Waals surface area (Å²) in [6.45, 7) is 7.76. The standard InChI is InChI=1S/C14H20F3N/c1-8-7-9(2)11(4)13(10(8)3)12(18)5-6-14(15,16)17/h7,12H,5-6,18H2,1-4H3. The summed E-state index contributed by atoms with van der Waals surface area (Å²) in [4.78, 5) is 0. The molecule has 1 atom stereocenters. The third-order valence-corrected chi connectivity index (χ3v) is 3.53. The maximum Gasteiger partial charge on any atom is 0.389 e. The van der Waals surface area contributed by atoms with E-state index in [1.165, 1.54) is 0 Å². The summed E-state index contributed by atoms with van der Waals surface area (Å²) in [7, 11) is 0. The predicted octanol–water partition coefficient (Wildman–Crippen LogP) is 4.26. The first-order valence-corrected chi connectivity index (χ1v) is 6.03. The molecule has 0 aliphatic heterocycles. The molecule has 0 spiro atoms. The van der Waals surface area contributed by atoms with E-state index in [0.717, 1.165) is 27.8 Å². The zero-order valence-electron chi connectivity index (χ0n) is 11.3. The summed E-state index contributed by atoms with van der Waals surface area (Å²) in [6.07, 6.45) is -5.04. The van der Waals surface area contributed by atoms with Crippen molar-refractivity contribution >= 4 is 0 Å². The van der Waals surface area contributed by atoms with E-state index in [1.54, 1.807) is 0 Å². The van der Waals surface area contributed by atoms with Crippen LogP contribution in [0.25, 0.3) is 0 Å². The number of hydrogen-bond acceptors (Lipinski definition) is 1. The molecule has 0 saturated heterocycles. The van der Waals surface area contributed by atoms with Crippen molar-refractivity contribution in [2.75, 3.05) is 0 Å². The Labute approximate surface area is 106 Å². The quantitative estimate of drug-likeness (QED) is 0.862. The van der Waals surface area contributed by atoms with E-state index < -0.39 is 18.6 Å². The number of nitrogens with two attached hydrogens (primary N) is 1. The van der Waals surface area contributed by atoms with Crippen molar-refractivity contribution in [2.45, 2.75) is 52.8 Å². The molecule has 0 bridgehead atoms. The van der Waals surface area contributed by atoms with Crippen molar-refractivity contribution in [1.82, 2.24) is 0 Å². The van der Waals surface area contributed by atoms with Crippen LogP contribution in [-0.2, 0) is 0 Å². The second kappa shape index (κ2) is 5.31. The predicted molar refractivity (Wildman–Crippen MR) is 67.6 cm³/mol. The van der Waals surface area contributed by atoms with Crippen LogP contribution in [0.3, 0.4) is 0 Å². The first-order valence-electron chi connectivity index (χ1n) is 6.03. The first-order chi connectivity index (χ1) is 8.13. The highest BCUT2D eigenvalue weighted by Crippen LogP contribution is 2.31. The Morgan fingerprint density at radius 2 is 1.50 bits per heavy atom. The molecule has 0 aromatic heterocycles. The summed E-state index contributed by atoms with van der Waals surface area (Å²) in [6, 6.07) is 1.50. The Morgan fingerprint density at radius 1 is 1.06 bits per heavy atom. The number of rotatable bonds is 3. The molecule has 1 nitrogen and oxygen atoms in total. The minimum absolute atomic E-state index is 0.0614. The lowest BCUT2D eigenvalue weighted by Crippen LogP contribution is -2.18. The van der Waals surface area contributed by atoms with Crippen LogP contribution in [0.4, 0.5) is 13.2 Å². The molecule has 0 saturated carbocycles. The van der Waals surface area contributed by atoms with Crippen LogP contribution in [0.1, 0.15) is 46.7 Å². The lowest BCUT2D eigenvalue weighted by Gasteiger charge is -2.21. The van der Waals surface area contributed by atoms with Gasteiger partial charge in [-0.05, 0) is 61.9 Å². The highest BCUT2D eigenvalue weighted by atomic mass is 19.4. The Hall–Kier alpha value is -1.03. The average molecular weight is 259 g/mol. The van der Waals surface area contributed by atoms with E-state index in [9.17, 15) is 13.2 Å². The van der Waals surface area contributed by atoms with Gasteiger partial charge in [-0.3, -0.25) is 0 Å². The van der Waals surface area contributed by atoms with Gasteiger partial charge in [0.05, 0.1) is 0 Å². The maximum atomic E-state index is 12.2. The van der Waals surface area contributed by atoms with E-state index >= 15 is 0 Å². The van der Waals surface area contributed by atoms with E-state index in [1.807, 2.05) is 33.8 Å². The van der Waals surface area contributed by atoms with Crippen LogP contribution in [0.2, 0.25) is 0 Å². The molecule has 1 aromatic carbocycles. The Bertz CT molecular complexity index is 409. The summed E-state index contributed by atoms with van der Waals surface area (Å²) in [5.74, 6) is 0. The number of halogens is 3. The fraction of sp³-hybridized carbons (Fsp3) is 0.571. The lowest BCUT2D eigenvalue weighted by molar-refractivity contribution is -0.136. The van der Waals surface area contributed by atoms with E-state index in [2.05, 4.69) is 0 Å². The molecule has 18 heavy (non-hydrogen) atoms. The van der Waals surface area contributed by atoms with Gasteiger partial charge in [0.15, 0.2) is 0 Å². The number of aryl methyl sites for hydroxylation is 2. The smallest absolute Gasteiger partial charge is 0.324 e. The zero-order chi connectivity index (χ0) is 14.1. The second-order valence-electron chi connectivity index (χ2n) is 4.93. The van der Waals surface area contributed by atoms with Gasteiger partial charge in [-0.15, -0.1) is 0 Å². The van der Waals surface area contributed by atoms with Crippen LogP contribution in [-0.4, -0.2) is 6.18 Å². The molecule has 4 heteroatoms. The number of alkyl halides is 3. The van der Waals surface area contributed by atoms with Gasteiger partial charge in [0.1, 0.15) is 0 Å². The summed E-state index contributed by atoms with van der Waals surface area (Å²) < 4.78 is 36.7. The highest BCUT2D eigenvalue weighted by Gasteiger charge is 2.28. The Balaban J connectivity index is 3.02. The van der Waals surface area contributed by atoms with E-state index in [-0.39, 0.29) is 6.42 Å². The normalized spacial score (nSPS) is 13.8. The van der Waals surface area contributed by atoms with Crippen LogP contribution in [0, 0.1) is 27.7 Å². The van der Waals surface area contributed by atoms with Crippen LogP contribution in [0.15, 0.2) is 6.07 Å². The molecule has 0 amide bonds. The highest BCUT2D eigenvalue weighted by molar-refractivity contribution is 5.45. The van der Waals surface area contributed by atoms with Gasteiger partial charge in [0.2, 0.25) is 0 Å². The van der Waals surface area contributed by atoms with Crippen molar-refractivity contribution in [3.05, 3.63) is 33.9 Å². The van der Waals surface area contributed by atoms with Gasteiger partial charge in [0, 0.05) is 12.5 Å². The molecular formula is C14H20F3N. The lowest BCUT2D eigenvalue weighted by atomic mass is 9.88. The largest absolute Gasteiger partial charge is 0.389 e. The molecule has 2 N–H and O–H groups in total. The maximum absolute atomic E-state index is 12.2. The molecule has 0 aliphatic rings. The third kappa shape index (κ3) is 3.48. The molecular weight excluding hydrogens is 239 g/mol. The number of hydrogen-bond donors (Lipinski definition) is 1. The molecule has 1 unspecified atom stereocenters. The van der Waals surface area contributed by atoms with Crippen LogP contribution >= 0.6 is 0 Å². The second-order valence-corrected chi connectivity index (χ2v) is 4.93. The fourth-order valence-corrected chi connectivity index (χ4v) is 2.27. The van der Waals surface area contributed by atoms with Gasteiger partial charge in [-0.2, -0.15) is 13.2 Å². The summed E-state index contributed by atoms with van der Waals surface area (Å²) in [5, 5.41) is 0. The Morgan fingerprint density at radius 3 is 1.89 bits per heavy atom. The van der Waals surface area contributed by atoms with Crippen molar-refractivity contribution in [1.29, 1.82) is 0 Å². The van der Waals surface area contributed by atoms with Gasteiger partial charge >= 0.3 is 6.18 Å². The van der Waals surface area contributed by atoms with Crippen LogP contribution in [0.5, 0.6) is 0 Å². The van der Waals surface area contributed by atoms with E-state index in [0.29, 0.717) is 0 Å². The van der Waals surface area contributed by atoms with Gasteiger partial charge in [0.25, 0.3) is 0 Å². The third-order valence-electron chi connectivity index (χ3n) is 3.53. The molecule has 1 rings (SSSR count). The topological polar surface area (TPSA) is 26.0 Å². The first kappa shape index (κ1) is 15.0. The van der Waals surface area contributed by atoms with Crippen molar-refractivity contribution in [3.8, 4) is 0 Å². The number of benzene rings is 1. The SMILES string of the molecule is Cc1cc(C)c(C)c(C(N)CCC(F)(F)F)c1C. The molecule has 0 radical (unpaired) electrons. The minimum atomic E-state index is -4.14. The molecule has 1 aromatic rings. The molecule has 0 fully saturated rings. The van der Waals surface area contributed by atoms with Gasteiger partial charge in [-0.1, -0.05) is 6.07 Å². The molecule has 0 heterocycles. The fourth-order valence-electron chi connectivity index (χ4n) is 2.27. The minimum Gasteiger partial charge on any atom is -0.324 e. The van der Waals surface area contributed by atoms with E-state index in [4.69, 9.17) is 5.73 Å². The summed E-state index contributed by atoms with van der Waals surface area (Å²) in [5.41, 5.74) is 11.0. The molecule has 0 aliphatic carbocycles. The van der Waals surface area contributed by atoms with Crippen molar-refractivity contribution < 1.29 is 13.2 Å². The summed E-state index contributed by atoms with van der Waals surface area (Å²) >= 11 is 0. The van der Waals surface area contributed by atoms with Crippen LogP contribution < -0.4 is 5.73 Å². The van der Waals surface area contributed by atoms with Gasteiger partial charge in [-0.25, -0.2) is 0 Å². The Kier molecular flexibility index (Phi) is 4.43. The monoisotopic (exact) mass is 259 g/mol. The molecule has 102 valence electrons. The van der Waals surface area contributed by atoms with Gasteiger partial charge < -0.3 is 5.73 Å². The van der Waals surface area contributed by atoms with Crippen molar-refractivity contribution in [3.63, 3.8) is 0 Å². The average Bonchev–Trinajstić information content (AvgIpc) is 2.23. The van der Waals surface area contributed by atoms with Crippen molar-refractivity contribution in [2.24, 2.45) is 5.73 Å².